The maximum Gasteiger partial charge on any atom is 0.272 e. The fraction of sp³-hybridized carbons (Fsp3) is 0.111. The number of methoxy groups -OCH3 is 1. The number of hydrogen-bond donors (Lipinski definition) is 2. The summed E-state index contributed by atoms with van der Waals surface area (Å²) in [7, 11) is 1.57. The van der Waals surface area contributed by atoms with Crippen LogP contribution in [0.1, 0.15) is 12.5 Å². The fourth-order valence-corrected chi connectivity index (χ4v) is 1.94. The monoisotopic (exact) mass is 310 g/mol. The number of amides is 2. The molecule has 2 amide bonds. The summed E-state index contributed by atoms with van der Waals surface area (Å²) >= 11 is 0. The van der Waals surface area contributed by atoms with Crippen molar-refractivity contribution in [3.05, 3.63) is 65.9 Å². The van der Waals surface area contributed by atoms with Crippen molar-refractivity contribution in [3.63, 3.8) is 0 Å². The van der Waals surface area contributed by atoms with Gasteiger partial charge in [0, 0.05) is 12.6 Å². The van der Waals surface area contributed by atoms with Crippen LogP contribution in [0.4, 0.5) is 5.69 Å². The Labute approximate surface area is 135 Å². The van der Waals surface area contributed by atoms with E-state index in [2.05, 4.69) is 10.6 Å². The van der Waals surface area contributed by atoms with Crippen LogP contribution in [-0.4, -0.2) is 18.9 Å². The molecule has 2 rings (SSSR count). The molecule has 0 unspecified atom stereocenters. The van der Waals surface area contributed by atoms with E-state index in [-0.39, 0.29) is 11.6 Å². The van der Waals surface area contributed by atoms with E-state index in [1.807, 2.05) is 30.3 Å². The zero-order valence-electron chi connectivity index (χ0n) is 13.0. The highest BCUT2D eigenvalue weighted by molar-refractivity contribution is 6.08. The number of ether oxygens (including phenoxy) is 1. The number of hydrogen-bond acceptors (Lipinski definition) is 3. The molecule has 0 heterocycles. The summed E-state index contributed by atoms with van der Waals surface area (Å²) in [4.78, 5) is 23.7. The molecule has 0 saturated carbocycles. The van der Waals surface area contributed by atoms with Gasteiger partial charge < -0.3 is 15.4 Å². The van der Waals surface area contributed by atoms with E-state index in [0.717, 1.165) is 5.56 Å². The van der Waals surface area contributed by atoms with Crippen LogP contribution in [0.15, 0.2) is 60.3 Å². The van der Waals surface area contributed by atoms with Crippen LogP contribution in [0.5, 0.6) is 5.75 Å². The Balaban J connectivity index is 2.19. The van der Waals surface area contributed by atoms with E-state index >= 15 is 0 Å². The Morgan fingerprint density at radius 1 is 1.00 bits per heavy atom. The SMILES string of the molecule is COc1ccc(NC(=O)C(=Cc2ccccc2)NC(C)=O)cc1. The zero-order chi connectivity index (χ0) is 16.7. The maximum absolute atomic E-state index is 12.4. The lowest BCUT2D eigenvalue weighted by Crippen LogP contribution is -2.28. The molecule has 0 bridgehead atoms. The molecule has 0 aliphatic carbocycles. The Morgan fingerprint density at radius 3 is 2.22 bits per heavy atom. The summed E-state index contributed by atoms with van der Waals surface area (Å²) in [6, 6.07) is 16.2. The van der Waals surface area contributed by atoms with Gasteiger partial charge in [0.15, 0.2) is 0 Å². The molecule has 5 heteroatoms. The van der Waals surface area contributed by atoms with Crippen molar-refractivity contribution in [1.29, 1.82) is 0 Å². The summed E-state index contributed by atoms with van der Waals surface area (Å²) < 4.78 is 5.07. The number of rotatable bonds is 5. The number of anilines is 1. The molecule has 2 aromatic carbocycles. The molecule has 5 nitrogen and oxygen atoms in total. The van der Waals surface area contributed by atoms with E-state index < -0.39 is 5.91 Å². The van der Waals surface area contributed by atoms with Crippen molar-refractivity contribution in [2.45, 2.75) is 6.92 Å². The third-order valence-electron chi connectivity index (χ3n) is 3.01. The Kier molecular flexibility index (Phi) is 5.52. The number of carbonyl (C=O) groups excluding carboxylic acids is 2. The first kappa shape index (κ1) is 16.3. The van der Waals surface area contributed by atoms with Gasteiger partial charge in [-0.25, -0.2) is 0 Å². The highest BCUT2D eigenvalue weighted by Gasteiger charge is 2.11. The predicted octanol–water partition coefficient (Wildman–Crippen LogP) is 2.81. The minimum atomic E-state index is -0.394. The van der Waals surface area contributed by atoms with Crippen LogP contribution >= 0.6 is 0 Å². The van der Waals surface area contributed by atoms with Crippen LogP contribution in [0.2, 0.25) is 0 Å². The Bertz CT molecular complexity index is 707. The highest BCUT2D eigenvalue weighted by atomic mass is 16.5. The maximum atomic E-state index is 12.4. The minimum Gasteiger partial charge on any atom is -0.497 e. The molecule has 0 fully saturated rings. The molecule has 0 spiro atoms. The van der Waals surface area contributed by atoms with Gasteiger partial charge in [-0.3, -0.25) is 9.59 Å². The van der Waals surface area contributed by atoms with Gasteiger partial charge in [-0.1, -0.05) is 30.3 Å². The molecule has 0 saturated heterocycles. The van der Waals surface area contributed by atoms with E-state index in [4.69, 9.17) is 4.74 Å². The average molecular weight is 310 g/mol. The van der Waals surface area contributed by atoms with Crippen molar-refractivity contribution < 1.29 is 14.3 Å². The second-order valence-corrected chi connectivity index (χ2v) is 4.83. The van der Waals surface area contributed by atoms with Gasteiger partial charge in [0.05, 0.1) is 7.11 Å². The summed E-state index contributed by atoms with van der Waals surface area (Å²) in [6.45, 7) is 1.36. The Hall–Kier alpha value is -3.08. The molecular weight excluding hydrogens is 292 g/mol. The summed E-state index contributed by atoms with van der Waals surface area (Å²) in [5.74, 6) is -0.00352. The molecular formula is C18H18N2O3. The summed E-state index contributed by atoms with van der Waals surface area (Å²) in [5.41, 5.74) is 1.61. The molecule has 118 valence electrons. The van der Waals surface area contributed by atoms with Crippen LogP contribution in [0.25, 0.3) is 6.08 Å². The molecule has 0 aliphatic rings. The van der Waals surface area contributed by atoms with Gasteiger partial charge in [-0.15, -0.1) is 0 Å². The lowest BCUT2D eigenvalue weighted by atomic mass is 10.2. The van der Waals surface area contributed by atoms with Gasteiger partial charge in [0.1, 0.15) is 11.4 Å². The van der Waals surface area contributed by atoms with E-state index in [1.54, 1.807) is 37.5 Å². The van der Waals surface area contributed by atoms with Gasteiger partial charge in [0.25, 0.3) is 5.91 Å². The van der Waals surface area contributed by atoms with Crippen LogP contribution < -0.4 is 15.4 Å². The number of benzene rings is 2. The third-order valence-corrected chi connectivity index (χ3v) is 3.01. The Morgan fingerprint density at radius 2 is 1.65 bits per heavy atom. The first-order chi connectivity index (χ1) is 11.1. The van der Waals surface area contributed by atoms with Crippen LogP contribution in [0, 0.1) is 0 Å². The molecule has 23 heavy (non-hydrogen) atoms. The van der Waals surface area contributed by atoms with Crippen LogP contribution in [-0.2, 0) is 9.59 Å². The molecule has 0 atom stereocenters. The summed E-state index contributed by atoms with van der Waals surface area (Å²) in [6.07, 6.45) is 1.63. The lowest BCUT2D eigenvalue weighted by molar-refractivity contribution is -0.120. The second-order valence-electron chi connectivity index (χ2n) is 4.83. The van der Waals surface area contributed by atoms with Crippen molar-refractivity contribution in [2.24, 2.45) is 0 Å². The van der Waals surface area contributed by atoms with Crippen molar-refractivity contribution in [2.75, 3.05) is 12.4 Å². The highest BCUT2D eigenvalue weighted by Crippen LogP contribution is 2.16. The largest absolute Gasteiger partial charge is 0.497 e. The first-order valence-corrected chi connectivity index (χ1v) is 7.08. The fourth-order valence-electron chi connectivity index (χ4n) is 1.94. The average Bonchev–Trinajstić information content (AvgIpc) is 2.55. The zero-order valence-corrected chi connectivity index (χ0v) is 13.0. The number of carbonyl (C=O) groups is 2. The number of nitrogens with one attached hydrogen (secondary N) is 2. The van der Waals surface area contributed by atoms with Gasteiger partial charge >= 0.3 is 0 Å². The third kappa shape index (κ3) is 5.00. The molecule has 0 aromatic heterocycles. The van der Waals surface area contributed by atoms with E-state index in [0.29, 0.717) is 11.4 Å². The topological polar surface area (TPSA) is 67.4 Å². The molecule has 2 N–H and O–H groups in total. The molecule has 0 radical (unpaired) electrons. The smallest absolute Gasteiger partial charge is 0.272 e. The predicted molar refractivity (Wildman–Crippen MR) is 89.9 cm³/mol. The van der Waals surface area contributed by atoms with Gasteiger partial charge in [-0.05, 0) is 35.9 Å². The van der Waals surface area contributed by atoms with Crippen molar-refractivity contribution in [3.8, 4) is 5.75 Å². The van der Waals surface area contributed by atoms with Gasteiger partial charge in [-0.2, -0.15) is 0 Å². The van der Waals surface area contributed by atoms with Gasteiger partial charge in [0.2, 0.25) is 5.91 Å². The minimum absolute atomic E-state index is 0.180. The molecule has 0 aliphatic heterocycles. The van der Waals surface area contributed by atoms with E-state index in [1.165, 1.54) is 6.92 Å². The second kappa shape index (κ2) is 7.79. The standard InChI is InChI=1S/C18H18N2O3/c1-13(21)19-17(12-14-6-4-3-5-7-14)18(22)20-15-8-10-16(23-2)11-9-15/h3-12H,1-2H3,(H,19,21)(H,20,22). The molecule has 2 aromatic rings. The van der Waals surface area contributed by atoms with E-state index in [9.17, 15) is 9.59 Å². The van der Waals surface area contributed by atoms with Crippen molar-refractivity contribution in [1.82, 2.24) is 5.32 Å². The van der Waals surface area contributed by atoms with Crippen molar-refractivity contribution >= 4 is 23.6 Å². The van der Waals surface area contributed by atoms with Crippen LogP contribution in [0.3, 0.4) is 0 Å². The quantitative estimate of drug-likeness (QED) is 0.835. The normalized spacial score (nSPS) is 10.8. The lowest BCUT2D eigenvalue weighted by Gasteiger charge is -2.10. The first-order valence-electron chi connectivity index (χ1n) is 7.08. The summed E-state index contributed by atoms with van der Waals surface area (Å²) in [5, 5.41) is 5.30.